The lowest BCUT2D eigenvalue weighted by Gasteiger charge is -2.21. The van der Waals surface area contributed by atoms with Gasteiger partial charge in [0.2, 0.25) is 0 Å². The number of aliphatic hydroxyl groups is 1. The topological polar surface area (TPSA) is 237 Å². The molecule has 0 aromatic heterocycles. The van der Waals surface area contributed by atoms with Crippen LogP contribution < -0.4 is 0 Å². The molecule has 0 aliphatic heterocycles. The first-order valence-corrected chi connectivity index (χ1v) is 37.3. The molecule has 4 unspecified atom stereocenters. The maximum Gasteiger partial charge on any atom is 0.472 e. The Bertz CT molecular complexity index is 1700. The van der Waals surface area contributed by atoms with Crippen LogP contribution in [0.4, 0.5) is 0 Å². The Hall–Kier alpha value is -1.94. The highest BCUT2D eigenvalue weighted by atomic mass is 31.2. The van der Waals surface area contributed by atoms with E-state index in [4.69, 9.17) is 37.0 Å². The average molecular weight is 1260 g/mol. The van der Waals surface area contributed by atoms with Crippen LogP contribution in [0.2, 0.25) is 0 Å². The van der Waals surface area contributed by atoms with Gasteiger partial charge in [-0.3, -0.25) is 37.3 Å². The van der Waals surface area contributed by atoms with Crippen LogP contribution >= 0.6 is 15.6 Å². The van der Waals surface area contributed by atoms with Crippen LogP contribution in [0.5, 0.6) is 0 Å². The fourth-order valence-electron chi connectivity index (χ4n) is 9.72. The summed E-state index contributed by atoms with van der Waals surface area (Å²) in [4.78, 5) is 72.3. The summed E-state index contributed by atoms with van der Waals surface area (Å²) in [6.45, 7) is 14.0. The summed E-state index contributed by atoms with van der Waals surface area (Å²) >= 11 is 0. The number of carbonyl (C=O) groups excluding carboxylic acids is 4. The number of phosphoric ester groups is 2. The van der Waals surface area contributed by atoms with Crippen LogP contribution in [0.25, 0.3) is 0 Å². The Morgan fingerprint density at radius 3 is 0.835 bits per heavy atom. The number of aliphatic hydroxyl groups excluding tert-OH is 1. The molecule has 0 aromatic carbocycles. The molecule has 0 rings (SSSR count). The van der Waals surface area contributed by atoms with Gasteiger partial charge in [-0.25, -0.2) is 9.13 Å². The Labute approximate surface area is 517 Å². The molecule has 0 heterocycles. The molecule has 0 bridgehead atoms. The Morgan fingerprint density at radius 1 is 0.329 bits per heavy atom. The molecule has 19 heteroatoms. The smallest absolute Gasteiger partial charge is 0.462 e. The zero-order valence-corrected chi connectivity index (χ0v) is 57.0. The third-order valence-electron chi connectivity index (χ3n) is 15.8. The lowest BCUT2D eigenvalue weighted by Crippen LogP contribution is -2.30. The van der Waals surface area contributed by atoms with Crippen LogP contribution in [-0.2, 0) is 65.4 Å². The SMILES string of the molecule is CCC(C)CCCCCCCCC(=O)OC[C@H](COP(=O)(O)OC[C@H](O)COP(=O)(O)OC[C@@H](COC(=O)CCCCCCCCCCC(C)C)OC(=O)CCCCCCCCC(C)CC)OC(=O)CCCCCCCCCCCCCC(C)C. The van der Waals surface area contributed by atoms with Gasteiger partial charge in [-0.1, -0.05) is 267 Å². The van der Waals surface area contributed by atoms with E-state index in [1.807, 2.05) is 0 Å². The minimum absolute atomic E-state index is 0.102. The quantitative estimate of drug-likeness (QED) is 0.0222. The maximum atomic E-state index is 13.0. The van der Waals surface area contributed by atoms with E-state index in [-0.39, 0.29) is 25.7 Å². The zero-order valence-electron chi connectivity index (χ0n) is 55.2. The molecular formula is C66H128O17P2. The summed E-state index contributed by atoms with van der Waals surface area (Å²) in [6, 6.07) is 0. The Morgan fingerprint density at radius 2 is 0.565 bits per heavy atom. The molecule has 0 radical (unpaired) electrons. The largest absolute Gasteiger partial charge is 0.472 e. The molecule has 3 N–H and O–H groups in total. The third-order valence-corrected chi connectivity index (χ3v) is 17.7. The van der Waals surface area contributed by atoms with Gasteiger partial charge in [0.1, 0.15) is 19.3 Å². The molecule has 0 saturated carbocycles. The van der Waals surface area contributed by atoms with E-state index in [0.29, 0.717) is 25.7 Å². The number of unbranched alkanes of at least 4 members (excludes halogenated alkanes) is 27. The van der Waals surface area contributed by atoms with Crippen molar-refractivity contribution in [1.29, 1.82) is 0 Å². The van der Waals surface area contributed by atoms with Crippen molar-refractivity contribution in [3.05, 3.63) is 0 Å². The fraction of sp³-hybridized carbons (Fsp3) is 0.939. The lowest BCUT2D eigenvalue weighted by molar-refractivity contribution is -0.161. The van der Waals surface area contributed by atoms with Crippen molar-refractivity contribution in [2.75, 3.05) is 39.6 Å². The average Bonchev–Trinajstić information content (AvgIpc) is 3.66. The summed E-state index contributed by atoms with van der Waals surface area (Å²) in [5, 5.41) is 10.6. The van der Waals surface area contributed by atoms with E-state index in [0.717, 1.165) is 120 Å². The van der Waals surface area contributed by atoms with Crippen LogP contribution in [0.15, 0.2) is 0 Å². The fourth-order valence-corrected chi connectivity index (χ4v) is 11.3. The molecule has 17 nitrogen and oxygen atoms in total. The first-order valence-electron chi connectivity index (χ1n) is 34.3. The van der Waals surface area contributed by atoms with Gasteiger partial charge in [0.05, 0.1) is 26.4 Å². The minimum Gasteiger partial charge on any atom is -0.462 e. The number of ether oxygens (including phenoxy) is 4. The highest BCUT2D eigenvalue weighted by molar-refractivity contribution is 7.47. The van der Waals surface area contributed by atoms with Crippen molar-refractivity contribution >= 4 is 39.5 Å². The highest BCUT2D eigenvalue weighted by Crippen LogP contribution is 2.45. The summed E-state index contributed by atoms with van der Waals surface area (Å²) in [5.74, 6) is 0.804. The van der Waals surface area contributed by atoms with Gasteiger partial charge in [-0.15, -0.1) is 0 Å². The number of carbonyl (C=O) groups is 4. The number of hydrogen-bond donors (Lipinski definition) is 3. The molecule has 0 saturated heterocycles. The van der Waals surface area contributed by atoms with E-state index in [1.165, 1.54) is 116 Å². The predicted octanol–water partition coefficient (Wildman–Crippen LogP) is 18.1. The van der Waals surface area contributed by atoms with Crippen molar-refractivity contribution in [3.8, 4) is 0 Å². The monoisotopic (exact) mass is 1250 g/mol. The molecular weight excluding hydrogens is 1130 g/mol. The van der Waals surface area contributed by atoms with Gasteiger partial charge in [-0.05, 0) is 49.4 Å². The first kappa shape index (κ1) is 83.1. The Balaban J connectivity index is 5.26. The van der Waals surface area contributed by atoms with E-state index in [9.17, 15) is 43.2 Å². The molecule has 0 aliphatic rings. The van der Waals surface area contributed by atoms with Gasteiger partial charge in [0.25, 0.3) is 0 Å². The summed E-state index contributed by atoms with van der Waals surface area (Å²) in [5.41, 5.74) is 0. The molecule has 0 amide bonds. The number of esters is 4. The van der Waals surface area contributed by atoms with Crippen LogP contribution in [0, 0.1) is 23.7 Å². The van der Waals surface area contributed by atoms with Crippen molar-refractivity contribution < 1.29 is 80.2 Å². The second-order valence-corrected chi connectivity index (χ2v) is 28.2. The normalized spacial score (nSPS) is 15.0. The van der Waals surface area contributed by atoms with Crippen molar-refractivity contribution in [2.24, 2.45) is 23.7 Å². The predicted molar refractivity (Wildman–Crippen MR) is 340 cm³/mol. The zero-order chi connectivity index (χ0) is 63.2. The molecule has 0 fully saturated rings. The van der Waals surface area contributed by atoms with E-state index >= 15 is 0 Å². The molecule has 0 spiro atoms. The van der Waals surface area contributed by atoms with Gasteiger partial charge in [0, 0.05) is 25.7 Å². The van der Waals surface area contributed by atoms with Crippen LogP contribution in [0.1, 0.15) is 319 Å². The van der Waals surface area contributed by atoms with Crippen molar-refractivity contribution in [2.45, 2.75) is 337 Å². The van der Waals surface area contributed by atoms with Gasteiger partial charge in [-0.2, -0.15) is 0 Å². The lowest BCUT2D eigenvalue weighted by atomic mass is 10.00. The highest BCUT2D eigenvalue weighted by Gasteiger charge is 2.30. The van der Waals surface area contributed by atoms with Crippen LogP contribution in [0.3, 0.4) is 0 Å². The minimum atomic E-state index is -4.95. The second kappa shape index (κ2) is 56.1. The summed E-state index contributed by atoms with van der Waals surface area (Å²) in [7, 11) is -9.89. The van der Waals surface area contributed by atoms with Gasteiger partial charge < -0.3 is 33.8 Å². The standard InChI is InChI=1S/C66H128O17P2/c1-9-58(7)44-36-28-22-24-31-39-47-64(69)77-53-61(82-65(70)48-40-32-21-15-13-11-12-14-18-26-34-42-56(3)4)54-80-84(72,73)78-50-60(67)51-79-85(74,75)81-55-62(83-66(71)49-41-33-25-23-29-37-45-59(8)10-2)52-76-63(68)46-38-30-20-17-16-19-27-35-43-57(5)6/h56-62,67H,9-55H2,1-8H3,(H,72,73)(H,74,75)/t58?,59?,60-,61+,62+/m0/s1. The number of hydrogen-bond acceptors (Lipinski definition) is 15. The maximum absolute atomic E-state index is 13.0. The van der Waals surface area contributed by atoms with Gasteiger partial charge in [0.15, 0.2) is 12.2 Å². The van der Waals surface area contributed by atoms with E-state index in [2.05, 4.69) is 55.4 Å². The van der Waals surface area contributed by atoms with E-state index < -0.39 is 97.5 Å². The summed E-state index contributed by atoms with van der Waals surface area (Å²) in [6.07, 6.45) is 36.3. The number of rotatable bonds is 63. The first-order chi connectivity index (χ1) is 40.7. The molecule has 0 aliphatic carbocycles. The Kier molecular flexibility index (Phi) is 54.8. The molecule has 7 atom stereocenters. The van der Waals surface area contributed by atoms with E-state index in [1.54, 1.807) is 0 Å². The van der Waals surface area contributed by atoms with Crippen molar-refractivity contribution in [1.82, 2.24) is 0 Å². The third kappa shape index (κ3) is 58.2. The summed E-state index contributed by atoms with van der Waals surface area (Å²) < 4.78 is 68.1. The molecule has 504 valence electrons. The second-order valence-electron chi connectivity index (χ2n) is 25.3. The van der Waals surface area contributed by atoms with Crippen molar-refractivity contribution in [3.63, 3.8) is 0 Å². The molecule has 0 aromatic rings. The number of phosphoric acid groups is 2. The molecule has 85 heavy (non-hydrogen) atoms. The van der Waals surface area contributed by atoms with Crippen LogP contribution in [-0.4, -0.2) is 96.7 Å². The van der Waals surface area contributed by atoms with Gasteiger partial charge >= 0.3 is 39.5 Å².